The molecule has 2 heterocycles. The molecule has 0 aliphatic heterocycles. The van der Waals surface area contributed by atoms with Crippen molar-refractivity contribution in [2.24, 2.45) is 0 Å². The summed E-state index contributed by atoms with van der Waals surface area (Å²) >= 11 is 0. The van der Waals surface area contributed by atoms with Gasteiger partial charge in [0.1, 0.15) is 11.2 Å². The van der Waals surface area contributed by atoms with Crippen LogP contribution in [0.15, 0.2) is 205 Å². The zero-order valence-electron chi connectivity index (χ0n) is 31.4. The third-order valence-corrected chi connectivity index (χ3v) is 12.9. The molecule has 0 atom stereocenters. The lowest BCUT2D eigenvalue weighted by atomic mass is 9.70. The monoisotopic (exact) mass is 735 g/mol. The highest BCUT2D eigenvalue weighted by Crippen LogP contribution is 2.64. The van der Waals surface area contributed by atoms with Crippen molar-refractivity contribution < 1.29 is 4.42 Å². The Hall–Kier alpha value is -7.55. The van der Waals surface area contributed by atoms with Crippen LogP contribution in [0.3, 0.4) is 0 Å². The predicted octanol–water partition coefficient (Wildman–Crippen LogP) is 14.6. The first kappa shape index (κ1) is 31.6. The molecule has 9 aromatic carbocycles. The molecule has 0 unspecified atom stereocenters. The molecule has 2 aliphatic carbocycles. The fourth-order valence-electron chi connectivity index (χ4n) is 10.6. The minimum absolute atomic E-state index is 0.377. The number of benzene rings is 9. The maximum Gasteiger partial charge on any atom is 0.136 e. The third-order valence-electron chi connectivity index (χ3n) is 12.9. The topological polar surface area (TPSA) is 26.0 Å². The van der Waals surface area contributed by atoms with Crippen LogP contribution in [0.4, 0.5) is 0 Å². The van der Waals surface area contributed by atoms with E-state index in [2.05, 4.69) is 200 Å². The van der Waals surface area contributed by atoms with E-state index in [1.807, 2.05) is 0 Å². The summed E-state index contributed by atoms with van der Waals surface area (Å²) in [6.45, 7) is 0. The van der Waals surface area contributed by atoms with E-state index in [1.165, 1.54) is 66.6 Å². The number of rotatable bonds is 3. The minimum atomic E-state index is -0.377. The average molecular weight is 736 g/mol. The van der Waals surface area contributed by atoms with Gasteiger partial charge in [0.05, 0.1) is 16.6 Å². The third kappa shape index (κ3) is 4.08. The Morgan fingerprint density at radius 3 is 1.67 bits per heavy atom. The molecule has 11 aromatic rings. The van der Waals surface area contributed by atoms with E-state index < -0.39 is 0 Å². The Labute approximate surface area is 335 Å². The number of nitrogens with zero attached hydrogens (tertiary/aromatic N) is 1. The molecule has 2 nitrogen and oxygen atoms in total. The maximum atomic E-state index is 6.67. The summed E-state index contributed by atoms with van der Waals surface area (Å²) in [5, 5.41) is 5.63. The summed E-state index contributed by atoms with van der Waals surface area (Å²) in [4.78, 5) is 5.29. The van der Waals surface area contributed by atoms with Gasteiger partial charge in [-0.25, -0.2) is 4.98 Å². The van der Waals surface area contributed by atoms with Crippen molar-refractivity contribution in [3.63, 3.8) is 0 Å². The number of para-hydroxylation sites is 2. The largest absolute Gasteiger partial charge is 0.456 e. The van der Waals surface area contributed by atoms with Crippen molar-refractivity contribution in [2.45, 2.75) is 5.41 Å². The second-order valence-electron chi connectivity index (χ2n) is 15.7. The highest BCUT2D eigenvalue weighted by Gasteiger charge is 2.51. The fraction of sp³-hybridized carbons (Fsp3) is 0.0179. The zero-order valence-corrected chi connectivity index (χ0v) is 31.4. The quantitative estimate of drug-likeness (QED) is 0.169. The van der Waals surface area contributed by atoms with Crippen LogP contribution in [0, 0.1) is 0 Å². The lowest BCUT2D eigenvalue weighted by Gasteiger charge is -2.30. The minimum Gasteiger partial charge on any atom is -0.456 e. The molecule has 13 rings (SSSR count). The lowest BCUT2D eigenvalue weighted by Crippen LogP contribution is -2.25. The summed E-state index contributed by atoms with van der Waals surface area (Å²) in [5.41, 5.74) is 19.8. The number of fused-ring (bicyclic) bond motifs is 16. The van der Waals surface area contributed by atoms with E-state index in [4.69, 9.17) is 9.40 Å². The molecule has 2 aliphatic rings. The van der Waals surface area contributed by atoms with E-state index >= 15 is 0 Å². The molecule has 268 valence electrons. The molecule has 0 fully saturated rings. The van der Waals surface area contributed by atoms with Crippen LogP contribution >= 0.6 is 0 Å². The van der Waals surface area contributed by atoms with Gasteiger partial charge in [0, 0.05) is 38.1 Å². The molecule has 0 amide bonds. The normalized spacial score (nSPS) is 13.3. The Morgan fingerprint density at radius 2 is 0.914 bits per heavy atom. The van der Waals surface area contributed by atoms with Crippen LogP contribution in [-0.4, -0.2) is 4.98 Å². The zero-order chi connectivity index (χ0) is 38.0. The van der Waals surface area contributed by atoms with Gasteiger partial charge in [-0.1, -0.05) is 182 Å². The molecular weight excluding hydrogens is 703 g/mol. The molecule has 1 spiro atoms. The summed E-state index contributed by atoms with van der Waals surface area (Å²) in [5.74, 6) is 0. The molecule has 2 aromatic heterocycles. The number of aromatic nitrogens is 1. The fourth-order valence-corrected chi connectivity index (χ4v) is 10.6. The van der Waals surface area contributed by atoms with Gasteiger partial charge in [0.15, 0.2) is 0 Å². The highest BCUT2D eigenvalue weighted by atomic mass is 16.3. The van der Waals surface area contributed by atoms with Gasteiger partial charge >= 0.3 is 0 Å². The van der Waals surface area contributed by atoms with Crippen LogP contribution in [0.2, 0.25) is 0 Å². The standard InChI is InChI=1S/C56H33NO/c1-2-15-36(16-3-1)55-43-33-50-54(42-21-8-13-28-49(42)58-50)51(53(43)41-20-7-12-27-48(41)57-55)35-31-29-34(30-32-35)37-22-14-26-47-52(37)40-19-6-11-25-46(40)56(47)44-23-9-4-17-38(44)39-18-5-10-24-45(39)56/h1-33H. The first-order chi connectivity index (χ1) is 28.8. The Morgan fingerprint density at radius 1 is 0.345 bits per heavy atom. The van der Waals surface area contributed by atoms with Crippen molar-refractivity contribution in [3.05, 3.63) is 222 Å². The number of pyridine rings is 1. The lowest BCUT2D eigenvalue weighted by molar-refractivity contribution is 0.669. The van der Waals surface area contributed by atoms with Crippen molar-refractivity contribution in [1.82, 2.24) is 4.98 Å². The van der Waals surface area contributed by atoms with Gasteiger partial charge in [-0.05, 0) is 79.4 Å². The number of furan rings is 1. The van der Waals surface area contributed by atoms with Crippen LogP contribution in [0.1, 0.15) is 22.3 Å². The highest BCUT2D eigenvalue weighted by molar-refractivity contribution is 6.27. The Bertz CT molecular complexity index is 3460. The molecule has 0 saturated heterocycles. The first-order valence-corrected chi connectivity index (χ1v) is 20.0. The summed E-state index contributed by atoms with van der Waals surface area (Å²) in [6.07, 6.45) is 0. The molecule has 0 radical (unpaired) electrons. The molecule has 0 N–H and O–H groups in total. The van der Waals surface area contributed by atoms with Crippen molar-refractivity contribution in [2.75, 3.05) is 0 Å². The van der Waals surface area contributed by atoms with Crippen LogP contribution in [-0.2, 0) is 5.41 Å². The summed E-state index contributed by atoms with van der Waals surface area (Å²) in [6, 6.07) is 73.0. The van der Waals surface area contributed by atoms with E-state index in [9.17, 15) is 0 Å². The van der Waals surface area contributed by atoms with Gasteiger partial charge in [-0.15, -0.1) is 0 Å². The molecule has 2 heteroatoms. The van der Waals surface area contributed by atoms with Gasteiger partial charge in [-0.2, -0.15) is 0 Å². The van der Waals surface area contributed by atoms with Crippen LogP contribution in [0.25, 0.3) is 99.4 Å². The van der Waals surface area contributed by atoms with Gasteiger partial charge in [-0.3, -0.25) is 0 Å². The van der Waals surface area contributed by atoms with Gasteiger partial charge in [0.2, 0.25) is 0 Å². The SMILES string of the molecule is c1ccc(-c2nc3ccccc3c3c(-c4ccc(-c5cccc6c5-c5ccccc5C65c6ccccc6-c6ccccc65)cc4)c4c(cc23)oc2ccccc24)cc1. The number of hydrogen-bond donors (Lipinski definition) is 0. The van der Waals surface area contributed by atoms with E-state index in [1.54, 1.807) is 0 Å². The van der Waals surface area contributed by atoms with E-state index in [0.29, 0.717) is 0 Å². The van der Waals surface area contributed by atoms with Crippen molar-refractivity contribution in [1.29, 1.82) is 0 Å². The number of hydrogen-bond acceptors (Lipinski definition) is 2. The average Bonchev–Trinajstić information content (AvgIpc) is 3.92. The second-order valence-corrected chi connectivity index (χ2v) is 15.7. The summed E-state index contributed by atoms with van der Waals surface area (Å²) in [7, 11) is 0. The second kappa shape index (κ2) is 11.7. The first-order valence-electron chi connectivity index (χ1n) is 20.0. The Kier molecular flexibility index (Phi) is 6.40. The van der Waals surface area contributed by atoms with Gasteiger partial charge in [0.25, 0.3) is 0 Å². The molecular formula is C56H33NO. The van der Waals surface area contributed by atoms with Crippen molar-refractivity contribution in [3.8, 4) is 55.8 Å². The molecule has 58 heavy (non-hydrogen) atoms. The van der Waals surface area contributed by atoms with Crippen LogP contribution < -0.4 is 0 Å². The predicted molar refractivity (Wildman–Crippen MR) is 239 cm³/mol. The molecule has 0 bridgehead atoms. The smallest absolute Gasteiger partial charge is 0.136 e. The maximum absolute atomic E-state index is 6.67. The Balaban J connectivity index is 1.07. The van der Waals surface area contributed by atoms with E-state index in [0.717, 1.165) is 55.0 Å². The summed E-state index contributed by atoms with van der Waals surface area (Å²) < 4.78 is 6.67. The van der Waals surface area contributed by atoms with Crippen LogP contribution in [0.5, 0.6) is 0 Å². The molecule has 0 saturated carbocycles. The van der Waals surface area contributed by atoms with Crippen molar-refractivity contribution >= 4 is 43.6 Å². The van der Waals surface area contributed by atoms with Gasteiger partial charge < -0.3 is 4.42 Å². The van der Waals surface area contributed by atoms with E-state index in [-0.39, 0.29) is 5.41 Å².